The summed E-state index contributed by atoms with van der Waals surface area (Å²) in [4.78, 5) is 25.7. The lowest BCUT2D eigenvalue weighted by Crippen LogP contribution is -2.34. The van der Waals surface area contributed by atoms with Crippen LogP contribution in [0.1, 0.15) is 35.2 Å². The van der Waals surface area contributed by atoms with Crippen LogP contribution in [0.2, 0.25) is 10.0 Å². The number of hydrogen-bond acceptors (Lipinski definition) is 4. The highest BCUT2D eigenvalue weighted by atomic mass is 35.5. The first-order chi connectivity index (χ1) is 13.9. The molecule has 0 atom stereocenters. The molecule has 0 bridgehead atoms. The van der Waals surface area contributed by atoms with Gasteiger partial charge < -0.3 is 10.5 Å². The molecule has 2 N–H and O–H groups in total. The van der Waals surface area contributed by atoms with Gasteiger partial charge >= 0.3 is 0 Å². The summed E-state index contributed by atoms with van der Waals surface area (Å²) in [5.41, 5.74) is 6.76. The van der Waals surface area contributed by atoms with Gasteiger partial charge in [0.05, 0.1) is 10.0 Å². The van der Waals surface area contributed by atoms with Crippen molar-refractivity contribution >= 4 is 34.9 Å². The van der Waals surface area contributed by atoms with Gasteiger partial charge in [-0.25, -0.2) is 0 Å². The molecule has 29 heavy (non-hydrogen) atoms. The zero-order valence-corrected chi connectivity index (χ0v) is 17.6. The molecule has 1 saturated heterocycles. The maximum absolute atomic E-state index is 12.3. The van der Waals surface area contributed by atoms with Crippen LogP contribution >= 0.6 is 23.2 Å². The number of piperidine rings is 1. The molecule has 3 rings (SSSR count). The summed E-state index contributed by atoms with van der Waals surface area (Å²) in [6.07, 6.45) is 2.50. The minimum atomic E-state index is -0.488. The number of nitrogens with two attached hydrogens (primary N) is 1. The molecular weight excluding hydrogens is 411 g/mol. The second kappa shape index (κ2) is 10.1. The number of hydrogen-bond donors (Lipinski definition) is 1. The van der Waals surface area contributed by atoms with Crippen molar-refractivity contribution < 1.29 is 14.3 Å². The van der Waals surface area contributed by atoms with Crippen LogP contribution in [0, 0.1) is 5.92 Å². The number of halogens is 2. The molecule has 2 aromatic carbocycles. The van der Waals surface area contributed by atoms with Crippen molar-refractivity contribution in [3.63, 3.8) is 0 Å². The number of carbonyl (C=O) groups excluding carboxylic acids is 2. The predicted molar refractivity (Wildman–Crippen MR) is 115 cm³/mol. The number of rotatable bonds is 8. The largest absolute Gasteiger partial charge is 0.486 e. The average Bonchev–Trinajstić information content (AvgIpc) is 2.71. The summed E-state index contributed by atoms with van der Waals surface area (Å²) in [5.74, 6) is 0.540. The molecule has 0 saturated carbocycles. The Morgan fingerprint density at radius 2 is 1.72 bits per heavy atom. The lowest BCUT2D eigenvalue weighted by atomic mass is 9.91. The fourth-order valence-electron chi connectivity index (χ4n) is 3.51. The van der Waals surface area contributed by atoms with Gasteiger partial charge in [0, 0.05) is 18.5 Å². The molecule has 7 heteroatoms. The average molecular weight is 435 g/mol. The number of amides is 1. The van der Waals surface area contributed by atoms with Crippen molar-refractivity contribution in [1.29, 1.82) is 0 Å². The van der Waals surface area contributed by atoms with Gasteiger partial charge in [0.2, 0.25) is 5.91 Å². The van der Waals surface area contributed by atoms with Crippen molar-refractivity contribution in [2.75, 3.05) is 19.7 Å². The Hall–Kier alpha value is -2.08. The van der Waals surface area contributed by atoms with Crippen LogP contribution in [-0.2, 0) is 11.3 Å². The molecule has 154 valence electrons. The first-order valence-corrected chi connectivity index (χ1v) is 10.4. The van der Waals surface area contributed by atoms with Gasteiger partial charge in [-0.3, -0.25) is 14.5 Å². The number of carbonyl (C=O) groups is 2. The van der Waals surface area contributed by atoms with E-state index in [2.05, 4.69) is 4.90 Å². The summed E-state index contributed by atoms with van der Waals surface area (Å²) in [6, 6.07) is 12.2. The fraction of sp³-hybridized carbons (Fsp3) is 0.364. The smallest absolute Gasteiger partial charge is 0.248 e. The third kappa shape index (κ3) is 6.46. The van der Waals surface area contributed by atoms with Crippen LogP contribution < -0.4 is 10.5 Å². The van der Waals surface area contributed by atoms with Gasteiger partial charge in [0.15, 0.2) is 5.78 Å². The van der Waals surface area contributed by atoms with E-state index in [1.807, 2.05) is 18.2 Å². The Morgan fingerprint density at radius 3 is 2.34 bits per heavy atom. The van der Waals surface area contributed by atoms with Gasteiger partial charge in [-0.15, -0.1) is 0 Å². The summed E-state index contributed by atoms with van der Waals surface area (Å²) in [6.45, 7) is 2.78. The zero-order valence-electron chi connectivity index (χ0n) is 16.1. The van der Waals surface area contributed by atoms with Crippen LogP contribution in [0.3, 0.4) is 0 Å². The number of ether oxygens (including phenoxy) is 1. The molecule has 1 aliphatic rings. The molecule has 1 fully saturated rings. The first-order valence-electron chi connectivity index (χ1n) is 9.61. The van der Waals surface area contributed by atoms with Gasteiger partial charge in [0.1, 0.15) is 12.4 Å². The Kier molecular flexibility index (Phi) is 7.53. The number of Topliss-reactive ketones (excluding diaryl/α,β-unsaturated/α-hetero) is 1. The van der Waals surface area contributed by atoms with Crippen molar-refractivity contribution in [3.8, 4) is 5.75 Å². The summed E-state index contributed by atoms with van der Waals surface area (Å²) in [7, 11) is 0. The van der Waals surface area contributed by atoms with E-state index < -0.39 is 5.91 Å². The molecule has 0 spiro atoms. The fourth-order valence-corrected chi connectivity index (χ4v) is 3.83. The van der Waals surface area contributed by atoms with E-state index in [0.29, 0.717) is 33.7 Å². The molecule has 0 aliphatic carbocycles. The minimum absolute atomic E-state index is 0.0411. The number of nitrogens with zero attached hydrogens (tertiary/aromatic N) is 1. The molecule has 2 aromatic rings. The Bertz CT molecular complexity index is 863. The zero-order chi connectivity index (χ0) is 20.8. The number of primary amides is 1. The van der Waals surface area contributed by atoms with Gasteiger partial charge in [0.25, 0.3) is 0 Å². The van der Waals surface area contributed by atoms with E-state index >= 15 is 0 Å². The van der Waals surface area contributed by atoms with E-state index in [9.17, 15) is 9.59 Å². The van der Waals surface area contributed by atoms with Crippen LogP contribution in [0.4, 0.5) is 0 Å². The highest BCUT2D eigenvalue weighted by molar-refractivity contribution is 6.42. The van der Waals surface area contributed by atoms with E-state index in [1.165, 1.54) is 0 Å². The molecular formula is C22H24Cl2N2O3. The quantitative estimate of drug-likeness (QED) is 0.670. The second-order valence-electron chi connectivity index (χ2n) is 7.39. The molecule has 5 nitrogen and oxygen atoms in total. The maximum atomic E-state index is 12.3. The number of ketones is 1. The molecule has 1 amide bonds. The molecule has 0 radical (unpaired) electrons. The summed E-state index contributed by atoms with van der Waals surface area (Å²) >= 11 is 12.1. The van der Waals surface area contributed by atoms with E-state index in [4.69, 9.17) is 33.7 Å². The SMILES string of the molecule is NC(=O)c1ccc(OCC(=O)CC2CCN(Cc3ccc(Cl)c(Cl)c3)CC2)cc1. The highest BCUT2D eigenvalue weighted by Crippen LogP contribution is 2.26. The van der Waals surface area contributed by atoms with Crippen LogP contribution in [0.5, 0.6) is 5.75 Å². The standard InChI is InChI=1S/C22H24Cl2N2O3/c23-20-6-1-16(12-21(20)24)13-26-9-7-15(8-10-26)11-18(27)14-29-19-4-2-17(3-5-19)22(25)28/h1-6,12,15H,7-11,13-14H2,(H2,25,28). The number of likely N-dealkylation sites (tertiary alicyclic amines) is 1. The maximum Gasteiger partial charge on any atom is 0.248 e. The third-order valence-corrected chi connectivity index (χ3v) is 5.89. The molecule has 0 unspecified atom stereocenters. The van der Waals surface area contributed by atoms with Gasteiger partial charge in [-0.2, -0.15) is 0 Å². The van der Waals surface area contributed by atoms with Crippen molar-refractivity contribution in [2.45, 2.75) is 25.8 Å². The van der Waals surface area contributed by atoms with Gasteiger partial charge in [-0.1, -0.05) is 29.3 Å². The lowest BCUT2D eigenvalue weighted by molar-refractivity contribution is -0.122. The van der Waals surface area contributed by atoms with Crippen molar-refractivity contribution in [3.05, 3.63) is 63.6 Å². The van der Waals surface area contributed by atoms with Crippen molar-refractivity contribution in [2.24, 2.45) is 11.7 Å². The van der Waals surface area contributed by atoms with Crippen LogP contribution in [0.25, 0.3) is 0 Å². The topological polar surface area (TPSA) is 72.6 Å². The minimum Gasteiger partial charge on any atom is -0.486 e. The Morgan fingerprint density at radius 1 is 1.03 bits per heavy atom. The van der Waals surface area contributed by atoms with E-state index in [-0.39, 0.29) is 12.4 Å². The Labute approximate surface area is 180 Å². The lowest BCUT2D eigenvalue weighted by Gasteiger charge is -2.31. The molecule has 0 aromatic heterocycles. The predicted octanol–water partition coefficient (Wildman–Crippen LogP) is 4.34. The Balaban J connectivity index is 1.39. The van der Waals surface area contributed by atoms with Gasteiger partial charge in [-0.05, 0) is 73.8 Å². The monoisotopic (exact) mass is 434 g/mol. The third-order valence-electron chi connectivity index (χ3n) is 5.15. The van der Waals surface area contributed by atoms with Crippen LogP contribution in [-0.4, -0.2) is 36.3 Å². The number of benzene rings is 2. The summed E-state index contributed by atoms with van der Waals surface area (Å²) < 4.78 is 5.53. The first kappa shape index (κ1) is 21.6. The van der Waals surface area contributed by atoms with E-state index in [0.717, 1.165) is 38.0 Å². The van der Waals surface area contributed by atoms with Crippen LogP contribution in [0.15, 0.2) is 42.5 Å². The summed E-state index contributed by atoms with van der Waals surface area (Å²) in [5, 5.41) is 1.15. The van der Waals surface area contributed by atoms with E-state index in [1.54, 1.807) is 24.3 Å². The molecule has 1 heterocycles. The van der Waals surface area contributed by atoms with Crippen molar-refractivity contribution in [1.82, 2.24) is 4.90 Å². The normalized spacial score (nSPS) is 15.2. The molecule has 1 aliphatic heterocycles. The highest BCUT2D eigenvalue weighted by Gasteiger charge is 2.22. The second-order valence-corrected chi connectivity index (χ2v) is 8.20.